The number of ether oxygens (including phenoxy) is 1. The van der Waals surface area contributed by atoms with Crippen LogP contribution in [0.4, 0.5) is 0 Å². The molecule has 0 aliphatic heterocycles. The molecular weight excluding hydrogens is 218 g/mol. The molecule has 1 aromatic rings. The van der Waals surface area contributed by atoms with Crippen LogP contribution in [0.5, 0.6) is 5.75 Å². The Bertz CT molecular complexity index is 426. The summed E-state index contributed by atoms with van der Waals surface area (Å²) in [6.07, 6.45) is 1.43. The summed E-state index contributed by atoms with van der Waals surface area (Å²) >= 11 is 0. The van der Waals surface area contributed by atoms with E-state index in [9.17, 15) is 9.90 Å². The van der Waals surface area contributed by atoms with Crippen LogP contribution >= 0.6 is 0 Å². The van der Waals surface area contributed by atoms with E-state index in [1.54, 1.807) is 14.2 Å². The summed E-state index contributed by atoms with van der Waals surface area (Å²) in [6.45, 7) is 0. The summed E-state index contributed by atoms with van der Waals surface area (Å²) in [6, 6.07) is 7.37. The zero-order chi connectivity index (χ0) is 12.5. The molecule has 0 bridgehead atoms. The van der Waals surface area contributed by atoms with Gasteiger partial charge in [0.1, 0.15) is 5.75 Å². The summed E-state index contributed by atoms with van der Waals surface area (Å²) in [5, 5.41) is 12.5. The van der Waals surface area contributed by atoms with Crippen LogP contribution in [0.25, 0.3) is 0 Å². The second kappa shape index (κ2) is 4.37. The Morgan fingerprint density at radius 3 is 2.59 bits per heavy atom. The lowest BCUT2D eigenvalue weighted by Gasteiger charge is -2.25. The van der Waals surface area contributed by atoms with Gasteiger partial charge >= 0.3 is 5.97 Å². The number of methoxy groups -OCH3 is 1. The van der Waals surface area contributed by atoms with Gasteiger partial charge in [0.2, 0.25) is 0 Å². The molecule has 0 saturated heterocycles. The van der Waals surface area contributed by atoms with Crippen LogP contribution in [-0.4, -0.2) is 25.2 Å². The van der Waals surface area contributed by atoms with E-state index in [1.807, 2.05) is 24.3 Å². The standard InChI is InChI=1S/C13H17NO3/c1-14-11(13(7-8-13)12(15)16)9-5-3-4-6-10(9)17-2/h3-6,11,14H,7-8H2,1-2H3,(H,15,16). The molecule has 0 radical (unpaired) electrons. The van der Waals surface area contributed by atoms with Gasteiger partial charge in [-0.1, -0.05) is 18.2 Å². The number of rotatable bonds is 5. The highest BCUT2D eigenvalue weighted by Gasteiger charge is 2.56. The minimum Gasteiger partial charge on any atom is -0.496 e. The molecule has 1 saturated carbocycles. The lowest BCUT2D eigenvalue weighted by molar-refractivity contribution is -0.144. The molecule has 1 atom stereocenters. The molecule has 1 unspecified atom stereocenters. The summed E-state index contributed by atoms with van der Waals surface area (Å²) in [7, 11) is 3.39. The number of benzene rings is 1. The molecule has 0 spiro atoms. The Hall–Kier alpha value is -1.55. The van der Waals surface area contributed by atoms with Gasteiger partial charge < -0.3 is 15.2 Å². The Labute approximate surface area is 101 Å². The second-order valence-electron chi connectivity index (χ2n) is 4.42. The van der Waals surface area contributed by atoms with Crippen LogP contribution < -0.4 is 10.1 Å². The van der Waals surface area contributed by atoms with Crippen molar-refractivity contribution in [2.24, 2.45) is 5.41 Å². The second-order valence-corrected chi connectivity index (χ2v) is 4.42. The molecule has 0 aromatic heterocycles. The third kappa shape index (κ3) is 1.89. The largest absolute Gasteiger partial charge is 0.496 e. The van der Waals surface area contributed by atoms with E-state index in [0.717, 1.165) is 11.3 Å². The third-order valence-electron chi connectivity index (χ3n) is 3.51. The van der Waals surface area contributed by atoms with E-state index in [2.05, 4.69) is 5.32 Å². The van der Waals surface area contributed by atoms with Crippen molar-refractivity contribution in [2.45, 2.75) is 18.9 Å². The van der Waals surface area contributed by atoms with Gasteiger partial charge in [-0.3, -0.25) is 4.79 Å². The average molecular weight is 235 g/mol. The molecule has 4 nitrogen and oxygen atoms in total. The van der Waals surface area contributed by atoms with E-state index in [1.165, 1.54) is 0 Å². The van der Waals surface area contributed by atoms with Gasteiger partial charge in [0.15, 0.2) is 0 Å². The first-order valence-electron chi connectivity index (χ1n) is 5.69. The van der Waals surface area contributed by atoms with Crippen LogP contribution in [0.15, 0.2) is 24.3 Å². The minimum atomic E-state index is -0.734. The van der Waals surface area contributed by atoms with Crippen molar-refractivity contribution in [3.05, 3.63) is 29.8 Å². The predicted octanol–water partition coefficient (Wildman–Crippen LogP) is 1.82. The molecule has 2 rings (SSSR count). The van der Waals surface area contributed by atoms with Crippen molar-refractivity contribution in [3.63, 3.8) is 0 Å². The number of nitrogens with one attached hydrogen (secondary N) is 1. The highest BCUT2D eigenvalue weighted by molar-refractivity contribution is 5.79. The average Bonchev–Trinajstić information content (AvgIpc) is 3.12. The molecule has 1 aliphatic rings. The number of carboxylic acids is 1. The fraction of sp³-hybridized carbons (Fsp3) is 0.462. The smallest absolute Gasteiger partial charge is 0.311 e. The van der Waals surface area contributed by atoms with Crippen molar-refractivity contribution < 1.29 is 14.6 Å². The fourth-order valence-corrected chi connectivity index (χ4v) is 2.40. The topological polar surface area (TPSA) is 58.6 Å². The SMILES string of the molecule is CNC(c1ccccc1OC)C1(C(=O)O)CC1. The monoisotopic (exact) mass is 235 g/mol. The van der Waals surface area contributed by atoms with E-state index < -0.39 is 11.4 Å². The van der Waals surface area contributed by atoms with E-state index in [0.29, 0.717) is 12.8 Å². The van der Waals surface area contributed by atoms with Gasteiger partial charge in [-0.05, 0) is 26.0 Å². The molecule has 1 aromatic carbocycles. The maximum atomic E-state index is 11.4. The highest BCUT2D eigenvalue weighted by Crippen LogP contribution is 2.56. The van der Waals surface area contributed by atoms with Gasteiger partial charge in [-0.2, -0.15) is 0 Å². The van der Waals surface area contributed by atoms with Gasteiger partial charge in [0, 0.05) is 5.56 Å². The van der Waals surface area contributed by atoms with Gasteiger partial charge in [-0.15, -0.1) is 0 Å². The van der Waals surface area contributed by atoms with Gasteiger partial charge in [-0.25, -0.2) is 0 Å². The summed E-state index contributed by atoms with van der Waals surface area (Å²) in [5.41, 5.74) is 0.251. The maximum absolute atomic E-state index is 11.4. The number of hydrogen-bond donors (Lipinski definition) is 2. The molecule has 0 heterocycles. The van der Waals surface area contributed by atoms with Crippen molar-refractivity contribution in [1.82, 2.24) is 5.32 Å². The molecule has 4 heteroatoms. The molecule has 1 aliphatic carbocycles. The molecule has 0 amide bonds. The summed E-state index contributed by atoms with van der Waals surface area (Å²) in [4.78, 5) is 11.4. The minimum absolute atomic E-state index is 0.198. The Kier molecular flexibility index (Phi) is 3.07. The Balaban J connectivity index is 2.39. The first kappa shape index (κ1) is 11.9. The quantitative estimate of drug-likeness (QED) is 0.817. The first-order chi connectivity index (χ1) is 8.15. The summed E-state index contributed by atoms with van der Waals surface area (Å²) < 4.78 is 5.30. The number of carboxylic acid groups (broad SMARTS) is 1. The van der Waals surface area contributed by atoms with Gasteiger partial charge in [0.25, 0.3) is 0 Å². The van der Waals surface area contributed by atoms with E-state index in [4.69, 9.17) is 4.74 Å². The molecule has 17 heavy (non-hydrogen) atoms. The van der Waals surface area contributed by atoms with Crippen molar-refractivity contribution in [3.8, 4) is 5.75 Å². The highest BCUT2D eigenvalue weighted by atomic mass is 16.5. The number of aliphatic carboxylic acids is 1. The number of hydrogen-bond acceptors (Lipinski definition) is 3. The van der Waals surface area contributed by atoms with Gasteiger partial charge in [0.05, 0.1) is 18.6 Å². The molecule has 1 fully saturated rings. The van der Waals surface area contributed by atoms with Crippen molar-refractivity contribution in [2.75, 3.05) is 14.2 Å². The normalized spacial score (nSPS) is 18.5. The lowest BCUT2D eigenvalue weighted by atomic mass is 9.89. The Morgan fingerprint density at radius 1 is 1.47 bits per heavy atom. The Morgan fingerprint density at radius 2 is 2.12 bits per heavy atom. The van der Waals surface area contributed by atoms with Crippen LogP contribution in [0.2, 0.25) is 0 Å². The van der Waals surface area contributed by atoms with Crippen LogP contribution in [-0.2, 0) is 4.79 Å². The summed E-state index contributed by atoms with van der Waals surface area (Å²) in [5.74, 6) is 0.00197. The van der Waals surface area contributed by atoms with E-state index in [-0.39, 0.29) is 6.04 Å². The first-order valence-corrected chi connectivity index (χ1v) is 5.69. The van der Waals surface area contributed by atoms with Crippen LogP contribution in [0, 0.1) is 5.41 Å². The van der Waals surface area contributed by atoms with Crippen LogP contribution in [0.1, 0.15) is 24.4 Å². The molecule has 2 N–H and O–H groups in total. The zero-order valence-corrected chi connectivity index (χ0v) is 10.1. The van der Waals surface area contributed by atoms with Crippen LogP contribution in [0.3, 0.4) is 0 Å². The maximum Gasteiger partial charge on any atom is 0.311 e. The number of para-hydroxylation sites is 1. The lowest BCUT2D eigenvalue weighted by Crippen LogP contribution is -2.32. The number of carbonyl (C=O) groups is 1. The van der Waals surface area contributed by atoms with E-state index >= 15 is 0 Å². The predicted molar refractivity (Wildman–Crippen MR) is 64.1 cm³/mol. The van der Waals surface area contributed by atoms with Crippen molar-refractivity contribution >= 4 is 5.97 Å². The molecular formula is C13H17NO3. The fourth-order valence-electron chi connectivity index (χ4n) is 2.40. The molecule has 92 valence electrons. The zero-order valence-electron chi connectivity index (χ0n) is 10.1. The van der Waals surface area contributed by atoms with Crippen molar-refractivity contribution in [1.29, 1.82) is 0 Å². The third-order valence-corrected chi connectivity index (χ3v) is 3.51.